The number of aromatic nitrogens is 1. The fourth-order valence-corrected chi connectivity index (χ4v) is 3.71. The van der Waals surface area contributed by atoms with E-state index in [9.17, 15) is 9.18 Å². The molecule has 0 saturated heterocycles. The average molecular weight is 427 g/mol. The molecule has 0 aliphatic heterocycles. The number of esters is 1. The van der Waals surface area contributed by atoms with E-state index in [0.29, 0.717) is 41.1 Å². The Balaban J connectivity index is 1.93. The van der Waals surface area contributed by atoms with Crippen molar-refractivity contribution in [2.75, 3.05) is 20.2 Å². The molecule has 2 rings (SSSR count). The van der Waals surface area contributed by atoms with E-state index in [-0.39, 0.29) is 17.8 Å². The number of benzene rings is 1. The van der Waals surface area contributed by atoms with Crippen LogP contribution in [0.2, 0.25) is 5.02 Å². The summed E-state index contributed by atoms with van der Waals surface area (Å²) < 4.78 is 18.2. The summed E-state index contributed by atoms with van der Waals surface area (Å²) in [5.74, 6) is -0.111. The van der Waals surface area contributed by atoms with Crippen molar-refractivity contribution >= 4 is 34.9 Å². The first-order valence-corrected chi connectivity index (χ1v) is 10.1. The molecule has 1 aromatic carbocycles. The normalized spacial score (nSPS) is 12.6. The molecule has 0 aliphatic rings. The maximum atomic E-state index is 13.1. The number of carbonyl (C=O) groups excluding carboxylic acids is 1. The van der Waals surface area contributed by atoms with Crippen LogP contribution in [0.3, 0.4) is 0 Å². The van der Waals surface area contributed by atoms with Crippen molar-refractivity contribution < 1.29 is 13.9 Å². The van der Waals surface area contributed by atoms with E-state index in [1.165, 1.54) is 23.5 Å². The number of thiazole rings is 1. The van der Waals surface area contributed by atoms with E-state index in [4.69, 9.17) is 16.3 Å². The fraction of sp³-hybridized carbons (Fsp3) is 0.421. The van der Waals surface area contributed by atoms with E-state index in [1.54, 1.807) is 27.0 Å². The Hall–Kier alpha value is -2.19. The highest BCUT2D eigenvalue weighted by atomic mass is 35.5. The van der Waals surface area contributed by atoms with E-state index in [0.717, 1.165) is 10.6 Å². The topological polar surface area (TPSA) is 75.6 Å². The highest BCUT2D eigenvalue weighted by molar-refractivity contribution is 7.13. The van der Waals surface area contributed by atoms with E-state index >= 15 is 0 Å². The van der Waals surface area contributed by atoms with Crippen molar-refractivity contribution in [3.05, 3.63) is 50.2 Å². The lowest BCUT2D eigenvalue weighted by molar-refractivity contribution is 0.0531. The van der Waals surface area contributed by atoms with Crippen molar-refractivity contribution in [3.63, 3.8) is 0 Å². The van der Waals surface area contributed by atoms with Gasteiger partial charge in [0.05, 0.1) is 18.3 Å². The van der Waals surface area contributed by atoms with Crippen LogP contribution in [0.25, 0.3) is 0 Å². The van der Waals surface area contributed by atoms with Gasteiger partial charge in [-0.15, -0.1) is 11.3 Å². The molecule has 0 aliphatic carbocycles. The standard InChI is InChI=1S/C19H24ClFN4O2S/c1-5-27-18(26)16-11(2)24-17(28-16)12(3)25-19(22-4)23-9-8-13-6-7-14(21)10-15(13)20/h6-7,10,12H,5,8-9H2,1-4H3,(H2,22,23,25). The van der Waals surface area contributed by atoms with Gasteiger partial charge in [-0.3, -0.25) is 4.99 Å². The van der Waals surface area contributed by atoms with Gasteiger partial charge < -0.3 is 15.4 Å². The highest BCUT2D eigenvalue weighted by Crippen LogP contribution is 2.24. The lowest BCUT2D eigenvalue weighted by Gasteiger charge is -2.16. The maximum absolute atomic E-state index is 13.1. The molecule has 2 N–H and O–H groups in total. The molecule has 9 heteroatoms. The van der Waals surface area contributed by atoms with Crippen LogP contribution >= 0.6 is 22.9 Å². The molecule has 0 saturated carbocycles. The molecule has 0 amide bonds. The summed E-state index contributed by atoms with van der Waals surface area (Å²) in [4.78, 5) is 21.1. The number of guanidine groups is 1. The third kappa shape index (κ3) is 5.90. The van der Waals surface area contributed by atoms with E-state index in [1.807, 2.05) is 6.92 Å². The van der Waals surface area contributed by atoms with Gasteiger partial charge in [-0.25, -0.2) is 14.2 Å². The number of rotatable bonds is 7. The first kappa shape index (κ1) is 22.1. The van der Waals surface area contributed by atoms with Gasteiger partial charge in [0.25, 0.3) is 0 Å². The van der Waals surface area contributed by atoms with Gasteiger partial charge >= 0.3 is 5.97 Å². The molecule has 1 heterocycles. The summed E-state index contributed by atoms with van der Waals surface area (Å²) in [5.41, 5.74) is 1.51. The molecule has 0 radical (unpaired) electrons. The summed E-state index contributed by atoms with van der Waals surface area (Å²) in [6.45, 7) is 6.40. The third-order valence-electron chi connectivity index (χ3n) is 3.92. The fourth-order valence-electron chi connectivity index (χ4n) is 2.49. The molecule has 2 aromatic rings. The van der Waals surface area contributed by atoms with Gasteiger partial charge in [0.2, 0.25) is 0 Å². The molecule has 1 aromatic heterocycles. The van der Waals surface area contributed by atoms with Crippen LogP contribution in [-0.2, 0) is 11.2 Å². The van der Waals surface area contributed by atoms with Gasteiger partial charge in [0, 0.05) is 18.6 Å². The van der Waals surface area contributed by atoms with Crippen LogP contribution in [0.4, 0.5) is 4.39 Å². The van der Waals surface area contributed by atoms with Crippen molar-refractivity contribution in [2.24, 2.45) is 4.99 Å². The lowest BCUT2D eigenvalue weighted by atomic mass is 10.1. The van der Waals surface area contributed by atoms with Gasteiger partial charge in [-0.05, 0) is 44.9 Å². The predicted molar refractivity (Wildman–Crippen MR) is 111 cm³/mol. The molecular formula is C19H24ClFN4O2S. The minimum Gasteiger partial charge on any atom is -0.462 e. The molecule has 28 heavy (non-hydrogen) atoms. The summed E-state index contributed by atoms with van der Waals surface area (Å²) in [7, 11) is 1.67. The minimum absolute atomic E-state index is 0.146. The Kier molecular flexibility index (Phi) is 8.19. The summed E-state index contributed by atoms with van der Waals surface area (Å²) in [6.07, 6.45) is 0.623. The first-order chi connectivity index (χ1) is 13.3. The van der Waals surface area contributed by atoms with Crippen LogP contribution in [0.5, 0.6) is 0 Å². The Morgan fingerprint density at radius 1 is 1.46 bits per heavy atom. The van der Waals surface area contributed by atoms with E-state index < -0.39 is 0 Å². The van der Waals surface area contributed by atoms with E-state index in [2.05, 4.69) is 20.6 Å². The maximum Gasteiger partial charge on any atom is 0.350 e. The lowest BCUT2D eigenvalue weighted by Crippen LogP contribution is -2.39. The minimum atomic E-state index is -0.353. The van der Waals surface area contributed by atoms with Crippen molar-refractivity contribution in [1.29, 1.82) is 0 Å². The molecular weight excluding hydrogens is 403 g/mol. The number of carbonyl (C=O) groups is 1. The second kappa shape index (κ2) is 10.4. The zero-order chi connectivity index (χ0) is 20.7. The van der Waals surface area contributed by atoms with Crippen LogP contribution < -0.4 is 10.6 Å². The predicted octanol–water partition coefficient (Wildman–Crippen LogP) is 3.89. The van der Waals surface area contributed by atoms with Crippen LogP contribution in [0, 0.1) is 12.7 Å². The Morgan fingerprint density at radius 2 is 2.21 bits per heavy atom. The summed E-state index contributed by atoms with van der Waals surface area (Å²) in [6, 6.07) is 4.22. The number of aliphatic imine (C=N–C) groups is 1. The van der Waals surface area contributed by atoms with Gasteiger partial charge in [0.15, 0.2) is 5.96 Å². The number of ether oxygens (including phenoxy) is 1. The van der Waals surface area contributed by atoms with Gasteiger partial charge in [-0.2, -0.15) is 0 Å². The molecule has 0 fully saturated rings. The van der Waals surface area contributed by atoms with Gasteiger partial charge in [-0.1, -0.05) is 17.7 Å². The van der Waals surface area contributed by atoms with Crippen LogP contribution in [0.15, 0.2) is 23.2 Å². The molecule has 152 valence electrons. The Bertz CT molecular complexity index is 856. The average Bonchev–Trinajstić information content (AvgIpc) is 3.04. The number of nitrogens with zero attached hydrogens (tertiary/aromatic N) is 2. The SMILES string of the molecule is CCOC(=O)c1sc(C(C)NC(=NC)NCCc2ccc(F)cc2Cl)nc1C. The number of hydrogen-bond acceptors (Lipinski definition) is 5. The van der Waals surface area contributed by atoms with Crippen molar-refractivity contribution in [2.45, 2.75) is 33.2 Å². The van der Waals surface area contributed by atoms with Crippen LogP contribution in [-0.4, -0.2) is 37.1 Å². The zero-order valence-electron chi connectivity index (χ0n) is 16.3. The molecule has 0 spiro atoms. The highest BCUT2D eigenvalue weighted by Gasteiger charge is 2.20. The second-order valence-corrected chi connectivity index (χ2v) is 7.48. The molecule has 1 atom stereocenters. The van der Waals surface area contributed by atoms with Crippen molar-refractivity contribution in [1.82, 2.24) is 15.6 Å². The van der Waals surface area contributed by atoms with Gasteiger partial charge in [0.1, 0.15) is 15.7 Å². The summed E-state index contributed by atoms with van der Waals surface area (Å²) in [5, 5.41) is 7.62. The Labute approximate surface area is 173 Å². The first-order valence-electron chi connectivity index (χ1n) is 8.91. The van der Waals surface area contributed by atoms with Crippen LogP contribution in [0.1, 0.15) is 45.8 Å². The number of nitrogens with one attached hydrogen (secondary N) is 2. The summed E-state index contributed by atoms with van der Waals surface area (Å²) >= 11 is 7.36. The number of aryl methyl sites for hydroxylation is 1. The third-order valence-corrected chi connectivity index (χ3v) is 5.60. The van der Waals surface area contributed by atoms with Crippen molar-refractivity contribution in [3.8, 4) is 0 Å². The molecule has 0 bridgehead atoms. The zero-order valence-corrected chi connectivity index (χ0v) is 17.9. The quantitative estimate of drug-likeness (QED) is 0.399. The number of hydrogen-bond donors (Lipinski definition) is 2. The largest absolute Gasteiger partial charge is 0.462 e. The molecule has 6 nitrogen and oxygen atoms in total. The molecule has 1 unspecified atom stereocenters. The Morgan fingerprint density at radius 3 is 2.86 bits per heavy atom. The number of halogens is 2. The monoisotopic (exact) mass is 426 g/mol. The smallest absolute Gasteiger partial charge is 0.350 e. The second-order valence-electron chi connectivity index (χ2n) is 6.04.